The zero-order valence-electron chi connectivity index (χ0n) is 13.2. The lowest BCUT2D eigenvalue weighted by molar-refractivity contribution is -0.384. The van der Waals surface area contributed by atoms with E-state index in [1.807, 2.05) is 6.92 Å². The van der Waals surface area contributed by atoms with Crippen LogP contribution in [-0.2, 0) is 11.3 Å². The second-order valence-corrected chi connectivity index (χ2v) is 5.81. The van der Waals surface area contributed by atoms with Crippen molar-refractivity contribution >= 4 is 22.1 Å². The Morgan fingerprint density at radius 2 is 2.04 bits per heavy atom. The Bertz CT molecular complexity index is 932. The molecule has 1 saturated heterocycles. The molecule has 1 aliphatic rings. The molecular weight excluding hydrogens is 312 g/mol. The van der Waals surface area contributed by atoms with E-state index in [9.17, 15) is 10.1 Å². The van der Waals surface area contributed by atoms with E-state index in [4.69, 9.17) is 4.74 Å². The zero-order chi connectivity index (χ0) is 16.7. The largest absolute Gasteiger partial charge is 0.379 e. The number of aryl methyl sites for hydroxylation is 1. The summed E-state index contributed by atoms with van der Waals surface area (Å²) in [5.74, 6) is 0.725. The van der Waals surface area contributed by atoms with E-state index in [0.717, 1.165) is 30.0 Å². The molecule has 3 heterocycles. The molecule has 0 saturated carbocycles. The first-order chi connectivity index (χ1) is 11.6. The summed E-state index contributed by atoms with van der Waals surface area (Å²) in [5.41, 5.74) is 1.37. The summed E-state index contributed by atoms with van der Waals surface area (Å²) in [5, 5.41) is 25.6. The lowest BCUT2D eigenvalue weighted by Crippen LogP contribution is -2.36. The highest BCUT2D eigenvalue weighted by atomic mass is 16.6. The molecule has 4 rings (SSSR count). The fraction of sp³-hybridized carbons (Fsp3) is 0.400. The Hall–Kier alpha value is -2.65. The third-order valence-electron chi connectivity index (χ3n) is 4.27. The molecule has 0 radical (unpaired) electrons. The monoisotopic (exact) mass is 328 g/mol. The van der Waals surface area contributed by atoms with Gasteiger partial charge in [0.15, 0.2) is 11.5 Å². The minimum atomic E-state index is -0.406. The second-order valence-electron chi connectivity index (χ2n) is 5.81. The van der Waals surface area contributed by atoms with E-state index in [2.05, 4.69) is 20.2 Å². The molecule has 1 aliphatic heterocycles. The molecule has 0 atom stereocenters. The van der Waals surface area contributed by atoms with Gasteiger partial charge in [0.25, 0.3) is 5.69 Å². The number of nitro groups is 1. The summed E-state index contributed by atoms with van der Waals surface area (Å²) in [4.78, 5) is 12.9. The molecule has 0 amide bonds. The zero-order valence-corrected chi connectivity index (χ0v) is 13.2. The highest BCUT2D eigenvalue weighted by Crippen LogP contribution is 2.26. The molecule has 9 heteroatoms. The molecule has 0 N–H and O–H groups in total. The fourth-order valence-corrected chi connectivity index (χ4v) is 2.99. The molecule has 0 bridgehead atoms. The Morgan fingerprint density at radius 1 is 1.25 bits per heavy atom. The van der Waals surface area contributed by atoms with Gasteiger partial charge in [-0.2, -0.15) is 9.61 Å². The number of morpholine rings is 1. The van der Waals surface area contributed by atoms with E-state index in [1.165, 1.54) is 12.1 Å². The van der Waals surface area contributed by atoms with Crippen molar-refractivity contribution in [2.24, 2.45) is 0 Å². The van der Waals surface area contributed by atoms with Gasteiger partial charge in [-0.1, -0.05) is 0 Å². The maximum absolute atomic E-state index is 11.1. The molecule has 1 fully saturated rings. The first kappa shape index (κ1) is 14.9. The maximum atomic E-state index is 11.1. The van der Waals surface area contributed by atoms with Gasteiger partial charge in [-0.05, 0) is 13.0 Å². The molecule has 124 valence electrons. The van der Waals surface area contributed by atoms with Gasteiger partial charge in [0.1, 0.15) is 0 Å². The summed E-state index contributed by atoms with van der Waals surface area (Å²) in [7, 11) is 0. The maximum Gasteiger partial charge on any atom is 0.270 e. The molecule has 0 spiro atoms. The SMILES string of the molecule is Cc1nn2c(CN3CCOCC3)nnc2c2cc([N+](=O)[O-])ccc12. The summed E-state index contributed by atoms with van der Waals surface area (Å²) >= 11 is 0. The van der Waals surface area contributed by atoms with Gasteiger partial charge in [-0.15, -0.1) is 10.2 Å². The normalized spacial score (nSPS) is 16.0. The van der Waals surface area contributed by atoms with Crippen LogP contribution in [0.15, 0.2) is 18.2 Å². The van der Waals surface area contributed by atoms with Crippen molar-refractivity contribution < 1.29 is 9.66 Å². The molecule has 0 unspecified atom stereocenters. The third kappa shape index (κ3) is 2.47. The van der Waals surface area contributed by atoms with E-state index in [1.54, 1.807) is 10.6 Å². The molecule has 1 aromatic carbocycles. The predicted octanol–water partition coefficient (Wildman–Crippen LogP) is 1.33. The smallest absolute Gasteiger partial charge is 0.270 e. The molecular formula is C15H16N6O3. The van der Waals surface area contributed by atoms with Crippen LogP contribution in [0.4, 0.5) is 5.69 Å². The summed E-state index contributed by atoms with van der Waals surface area (Å²) in [6.07, 6.45) is 0. The standard InChI is InChI=1S/C15H16N6O3/c1-10-12-3-2-11(21(22)23)8-13(12)15-17-16-14(20(15)18-10)9-19-4-6-24-7-5-19/h2-3,8H,4-7,9H2,1H3. The average molecular weight is 328 g/mol. The molecule has 3 aromatic rings. The van der Waals surface area contributed by atoms with Crippen molar-refractivity contribution in [3.63, 3.8) is 0 Å². The summed E-state index contributed by atoms with van der Waals surface area (Å²) in [6.45, 7) is 5.60. The number of hydrogen-bond donors (Lipinski definition) is 0. The van der Waals surface area contributed by atoms with Crippen molar-refractivity contribution in [2.75, 3.05) is 26.3 Å². The van der Waals surface area contributed by atoms with Crippen molar-refractivity contribution in [3.8, 4) is 0 Å². The van der Waals surface area contributed by atoms with Crippen molar-refractivity contribution in [2.45, 2.75) is 13.5 Å². The number of benzene rings is 1. The van der Waals surface area contributed by atoms with Crippen LogP contribution in [0, 0.1) is 17.0 Å². The highest BCUT2D eigenvalue weighted by molar-refractivity contribution is 5.96. The van der Waals surface area contributed by atoms with Gasteiger partial charge in [0.2, 0.25) is 0 Å². The van der Waals surface area contributed by atoms with Crippen LogP contribution >= 0.6 is 0 Å². The quantitative estimate of drug-likeness (QED) is 0.528. The van der Waals surface area contributed by atoms with Crippen LogP contribution in [-0.4, -0.2) is 55.9 Å². The molecule has 9 nitrogen and oxygen atoms in total. The van der Waals surface area contributed by atoms with Gasteiger partial charge in [0, 0.05) is 36.0 Å². The molecule has 24 heavy (non-hydrogen) atoms. The van der Waals surface area contributed by atoms with E-state index >= 15 is 0 Å². The topological polar surface area (TPSA) is 98.7 Å². The number of fused-ring (bicyclic) bond motifs is 3. The van der Waals surface area contributed by atoms with Crippen LogP contribution in [0.2, 0.25) is 0 Å². The first-order valence-corrected chi connectivity index (χ1v) is 7.72. The number of nitrogens with zero attached hydrogens (tertiary/aromatic N) is 6. The van der Waals surface area contributed by atoms with Crippen LogP contribution < -0.4 is 0 Å². The number of non-ortho nitro benzene ring substituents is 1. The first-order valence-electron chi connectivity index (χ1n) is 7.72. The minimum absolute atomic E-state index is 0.0349. The lowest BCUT2D eigenvalue weighted by Gasteiger charge is -2.25. The van der Waals surface area contributed by atoms with Gasteiger partial charge >= 0.3 is 0 Å². The predicted molar refractivity (Wildman–Crippen MR) is 85.8 cm³/mol. The Balaban J connectivity index is 1.83. The summed E-state index contributed by atoms with van der Waals surface area (Å²) in [6, 6.07) is 4.73. The number of aromatic nitrogens is 4. The lowest BCUT2D eigenvalue weighted by atomic mass is 10.1. The summed E-state index contributed by atoms with van der Waals surface area (Å²) < 4.78 is 7.05. The van der Waals surface area contributed by atoms with E-state index in [-0.39, 0.29) is 5.69 Å². The minimum Gasteiger partial charge on any atom is -0.379 e. The van der Waals surface area contributed by atoms with E-state index in [0.29, 0.717) is 30.8 Å². The number of ether oxygens (including phenoxy) is 1. The van der Waals surface area contributed by atoms with Crippen molar-refractivity contribution in [1.82, 2.24) is 24.7 Å². The van der Waals surface area contributed by atoms with Gasteiger partial charge in [0.05, 0.1) is 30.4 Å². The molecule has 2 aromatic heterocycles. The number of hydrogen-bond acceptors (Lipinski definition) is 7. The van der Waals surface area contributed by atoms with Crippen LogP contribution in [0.1, 0.15) is 11.5 Å². The Morgan fingerprint density at radius 3 is 2.79 bits per heavy atom. The second kappa shape index (κ2) is 5.77. The van der Waals surface area contributed by atoms with Crippen molar-refractivity contribution in [3.05, 3.63) is 39.8 Å². The van der Waals surface area contributed by atoms with Crippen LogP contribution in [0.25, 0.3) is 16.4 Å². The Labute approximate surface area is 137 Å². The number of nitro benzene ring substituents is 1. The highest BCUT2D eigenvalue weighted by Gasteiger charge is 2.18. The average Bonchev–Trinajstić information content (AvgIpc) is 2.98. The van der Waals surface area contributed by atoms with Crippen LogP contribution in [0.5, 0.6) is 0 Å². The van der Waals surface area contributed by atoms with Crippen LogP contribution in [0.3, 0.4) is 0 Å². The third-order valence-corrected chi connectivity index (χ3v) is 4.27. The van der Waals surface area contributed by atoms with E-state index < -0.39 is 4.92 Å². The van der Waals surface area contributed by atoms with Gasteiger partial charge in [-0.25, -0.2) is 0 Å². The van der Waals surface area contributed by atoms with Gasteiger partial charge in [-0.3, -0.25) is 15.0 Å². The fourth-order valence-electron chi connectivity index (χ4n) is 2.99. The van der Waals surface area contributed by atoms with Gasteiger partial charge < -0.3 is 4.74 Å². The number of rotatable bonds is 3. The van der Waals surface area contributed by atoms with Crippen molar-refractivity contribution in [1.29, 1.82) is 0 Å². The Kier molecular flexibility index (Phi) is 3.58. The molecule has 0 aliphatic carbocycles.